The third kappa shape index (κ3) is 6.11. The smallest absolute Gasteiger partial charge is 0.410 e. The number of hydrogen-bond acceptors (Lipinski definition) is 7. The van der Waals surface area contributed by atoms with E-state index < -0.39 is 5.60 Å². The van der Waals surface area contributed by atoms with Crippen molar-refractivity contribution in [3.63, 3.8) is 0 Å². The average Bonchev–Trinajstić information content (AvgIpc) is 3.67. The summed E-state index contributed by atoms with van der Waals surface area (Å²) >= 11 is 0. The number of aryl methyl sites for hydroxylation is 3. The number of anilines is 2. The van der Waals surface area contributed by atoms with E-state index in [1.165, 1.54) is 0 Å². The molecule has 1 saturated carbocycles. The standard InChI is InChI=1S/C33H41N5O3/c1-22-7-8-25(30-23(2)36-41-24(30)3)19-29(22)37(27-11-9-26(10-12-27)33(21-34)14-15-33)17-13-28-20-35-16-18-38(28)31(39)40-32(4,5)6/h7-12,19,28,35H,13-18,20H2,1-6H3. The molecule has 1 aliphatic heterocycles. The van der Waals surface area contributed by atoms with Gasteiger partial charge in [0.25, 0.3) is 0 Å². The van der Waals surface area contributed by atoms with Crippen LogP contribution in [0.25, 0.3) is 11.1 Å². The van der Waals surface area contributed by atoms with Gasteiger partial charge in [-0.3, -0.25) is 0 Å². The number of amides is 1. The predicted octanol–water partition coefficient (Wildman–Crippen LogP) is 6.56. The van der Waals surface area contributed by atoms with E-state index >= 15 is 0 Å². The fraction of sp³-hybridized carbons (Fsp3) is 0.485. The minimum atomic E-state index is -0.543. The minimum absolute atomic E-state index is 0.000234. The van der Waals surface area contributed by atoms with Crippen molar-refractivity contribution in [1.82, 2.24) is 15.4 Å². The van der Waals surface area contributed by atoms with Crippen LogP contribution in [0.15, 0.2) is 47.0 Å². The lowest BCUT2D eigenvalue weighted by molar-refractivity contribution is 0.0115. The molecule has 41 heavy (non-hydrogen) atoms. The zero-order chi connectivity index (χ0) is 29.4. The Morgan fingerprint density at radius 3 is 2.54 bits per heavy atom. The summed E-state index contributed by atoms with van der Waals surface area (Å²) in [4.78, 5) is 17.3. The Balaban J connectivity index is 1.48. The zero-order valence-electron chi connectivity index (χ0n) is 25.1. The molecular formula is C33H41N5O3. The molecule has 0 radical (unpaired) electrons. The first-order chi connectivity index (χ1) is 19.5. The van der Waals surface area contributed by atoms with Crippen LogP contribution in [-0.2, 0) is 10.2 Å². The van der Waals surface area contributed by atoms with Gasteiger partial charge in [-0.15, -0.1) is 0 Å². The summed E-state index contributed by atoms with van der Waals surface area (Å²) in [6, 6.07) is 17.4. The average molecular weight is 556 g/mol. The summed E-state index contributed by atoms with van der Waals surface area (Å²) in [5.74, 6) is 0.792. The number of nitrogens with zero attached hydrogens (tertiary/aromatic N) is 4. The summed E-state index contributed by atoms with van der Waals surface area (Å²) in [5, 5.41) is 17.3. The maximum absolute atomic E-state index is 13.1. The highest BCUT2D eigenvalue weighted by molar-refractivity contribution is 5.76. The number of nitrogens with one attached hydrogen (secondary N) is 1. The normalized spacial score (nSPS) is 18.1. The van der Waals surface area contributed by atoms with Crippen LogP contribution < -0.4 is 10.2 Å². The van der Waals surface area contributed by atoms with Crippen LogP contribution in [0.3, 0.4) is 0 Å². The Bertz CT molecular complexity index is 1420. The summed E-state index contributed by atoms with van der Waals surface area (Å²) in [7, 11) is 0. The zero-order valence-corrected chi connectivity index (χ0v) is 25.1. The first-order valence-electron chi connectivity index (χ1n) is 14.5. The predicted molar refractivity (Wildman–Crippen MR) is 160 cm³/mol. The molecule has 1 amide bonds. The number of rotatable bonds is 7. The van der Waals surface area contributed by atoms with E-state index in [2.05, 4.69) is 70.8 Å². The minimum Gasteiger partial charge on any atom is -0.444 e. The van der Waals surface area contributed by atoms with Gasteiger partial charge in [-0.25, -0.2) is 4.79 Å². The number of hydrogen-bond donors (Lipinski definition) is 1. The van der Waals surface area contributed by atoms with E-state index in [0.717, 1.165) is 77.4 Å². The molecular weight excluding hydrogens is 514 g/mol. The molecule has 2 fully saturated rings. The fourth-order valence-corrected chi connectivity index (χ4v) is 5.75. The molecule has 1 saturated heterocycles. The number of aromatic nitrogens is 1. The topological polar surface area (TPSA) is 94.6 Å². The van der Waals surface area contributed by atoms with Crippen molar-refractivity contribution in [2.45, 2.75) is 77.9 Å². The largest absolute Gasteiger partial charge is 0.444 e. The molecule has 1 unspecified atom stereocenters. The molecule has 2 heterocycles. The van der Waals surface area contributed by atoms with E-state index in [9.17, 15) is 10.1 Å². The Morgan fingerprint density at radius 2 is 1.93 bits per heavy atom. The molecule has 5 rings (SSSR count). The van der Waals surface area contributed by atoms with Gasteiger partial charge >= 0.3 is 6.09 Å². The van der Waals surface area contributed by atoms with Crippen LogP contribution in [0.1, 0.15) is 62.6 Å². The maximum Gasteiger partial charge on any atom is 0.410 e. The van der Waals surface area contributed by atoms with Crippen molar-refractivity contribution in [3.05, 3.63) is 65.0 Å². The Morgan fingerprint density at radius 1 is 1.20 bits per heavy atom. The van der Waals surface area contributed by atoms with Gasteiger partial charge in [-0.2, -0.15) is 5.26 Å². The lowest BCUT2D eigenvalue weighted by Crippen LogP contribution is -2.55. The van der Waals surface area contributed by atoms with Gasteiger partial charge < -0.3 is 24.4 Å². The molecule has 0 bridgehead atoms. The van der Waals surface area contributed by atoms with Crippen molar-refractivity contribution in [2.75, 3.05) is 31.1 Å². The molecule has 1 aromatic heterocycles. The molecule has 0 spiro atoms. The van der Waals surface area contributed by atoms with E-state index in [1.54, 1.807) is 0 Å². The number of piperazine rings is 1. The summed E-state index contributed by atoms with van der Waals surface area (Å²) in [5.41, 5.74) is 6.42. The molecule has 8 nitrogen and oxygen atoms in total. The highest BCUT2D eigenvalue weighted by Gasteiger charge is 2.44. The highest BCUT2D eigenvalue weighted by atomic mass is 16.6. The van der Waals surface area contributed by atoms with Gasteiger partial charge in [-0.1, -0.05) is 29.4 Å². The Hall–Kier alpha value is -3.83. The monoisotopic (exact) mass is 555 g/mol. The van der Waals surface area contributed by atoms with Gasteiger partial charge in [0.15, 0.2) is 0 Å². The van der Waals surface area contributed by atoms with Gasteiger partial charge in [0.05, 0.1) is 17.2 Å². The Kier molecular flexibility index (Phi) is 7.85. The van der Waals surface area contributed by atoms with E-state index in [0.29, 0.717) is 13.1 Å². The lowest BCUT2D eigenvalue weighted by atomic mass is 9.97. The van der Waals surface area contributed by atoms with Crippen molar-refractivity contribution in [2.24, 2.45) is 0 Å². The fourth-order valence-electron chi connectivity index (χ4n) is 5.75. The summed E-state index contributed by atoms with van der Waals surface area (Å²) in [6.45, 7) is 14.5. The van der Waals surface area contributed by atoms with E-state index in [1.807, 2.05) is 39.5 Å². The molecule has 1 N–H and O–H groups in total. The summed E-state index contributed by atoms with van der Waals surface area (Å²) in [6.07, 6.45) is 2.33. The van der Waals surface area contributed by atoms with Crippen LogP contribution in [0.2, 0.25) is 0 Å². The van der Waals surface area contributed by atoms with E-state index in [-0.39, 0.29) is 17.6 Å². The van der Waals surface area contributed by atoms with Gasteiger partial charge in [0.2, 0.25) is 0 Å². The number of carbonyl (C=O) groups is 1. The summed E-state index contributed by atoms with van der Waals surface area (Å²) < 4.78 is 11.2. The van der Waals surface area contributed by atoms with Crippen LogP contribution >= 0.6 is 0 Å². The van der Waals surface area contributed by atoms with Crippen LogP contribution in [0, 0.1) is 32.1 Å². The number of benzene rings is 2. The molecule has 1 aliphatic carbocycles. The van der Waals surface area contributed by atoms with Gasteiger partial charge in [0.1, 0.15) is 11.4 Å². The van der Waals surface area contributed by atoms with E-state index in [4.69, 9.17) is 9.26 Å². The lowest BCUT2D eigenvalue weighted by Gasteiger charge is -2.38. The third-order valence-electron chi connectivity index (χ3n) is 8.18. The molecule has 8 heteroatoms. The van der Waals surface area contributed by atoms with Crippen molar-refractivity contribution >= 4 is 17.5 Å². The first-order valence-corrected chi connectivity index (χ1v) is 14.5. The van der Waals surface area contributed by atoms with Crippen molar-refractivity contribution < 1.29 is 14.1 Å². The quantitative estimate of drug-likeness (QED) is 0.353. The van der Waals surface area contributed by atoms with Gasteiger partial charge in [-0.05, 0) is 95.7 Å². The Labute approximate surface area is 243 Å². The molecule has 3 aromatic rings. The van der Waals surface area contributed by atoms with Crippen LogP contribution in [0.5, 0.6) is 0 Å². The second kappa shape index (κ2) is 11.2. The van der Waals surface area contributed by atoms with Crippen LogP contribution in [-0.4, -0.2) is 54.0 Å². The molecule has 1 atom stereocenters. The molecule has 2 aliphatic rings. The second-order valence-electron chi connectivity index (χ2n) is 12.4. The number of ether oxygens (including phenoxy) is 1. The molecule has 2 aromatic carbocycles. The number of nitriles is 1. The van der Waals surface area contributed by atoms with Crippen molar-refractivity contribution in [1.29, 1.82) is 5.26 Å². The third-order valence-corrected chi connectivity index (χ3v) is 8.18. The highest BCUT2D eigenvalue weighted by Crippen LogP contribution is 2.48. The van der Waals surface area contributed by atoms with Gasteiger partial charge in [0, 0.05) is 49.2 Å². The SMILES string of the molecule is Cc1ccc(-c2c(C)noc2C)cc1N(CCC1CNCCN1C(=O)OC(C)(C)C)c1ccc(C2(C#N)CC2)cc1. The number of carbonyl (C=O) groups excluding carboxylic acids is 1. The van der Waals surface area contributed by atoms with Crippen LogP contribution in [0.4, 0.5) is 16.2 Å². The van der Waals surface area contributed by atoms with Crippen molar-refractivity contribution in [3.8, 4) is 17.2 Å². The maximum atomic E-state index is 13.1. The molecule has 216 valence electrons. The second-order valence-corrected chi connectivity index (χ2v) is 12.4. The first kappa shape index (κ1) is 28.7.